The summed E-state index contributed by atoms with van der Waals surface area (Å²) in [6.07, 6.45) is 7.51. The summed E-state index contributed by atoms with van der Waals surface area (Å²) in [7, 11) is 0. The van der Waals surface area contributed by atoms with E-state index in [1.807, 2.05) is 24.4 Å². The Bertz CT molecular complexity index is 1100. The van der Waals surface area contributed by atoms with Gasteiger partial charge in [-0.3, -0.25) is 4.79 Å². The SMILES string of the molecule is Cc1cc(C)c2ccnc(-c3[c-]cccc3)c2c1.O=C1CCCC2CCCC(O)=C12.[Ir]. The van der Waals surface area contributed by atoms with Crippen LogP contribution in [0.5, 0.6) is 0 Å². The maximum absolute atomic E-state index is 11.4. The van der Waals surface area contributed by atoms with Gasteiger partial charge in [0.25, 0.3) is 0 Å². The van der Waals surface area contributed by atoms with E-state index >= 15 is 0 Å². The van der Waals surface area contributed by atoms with Crippen LogP contribution >= 0.6 is 0 Å². The molecule has 1 N–H and O–H groups in total. The molecule has 2 aromatic carbocycles. The molecule has 1 heterocycles. The van der Waals surface area contributed by atoms with Gasteiger partial charge in [0.1, 0.15) is 0 Å². The van der Waals surface area contributed by atoms with E-state index in [0.717, 1.165) is 48.9 Å². The fraction of sp³-hybridized carbons (Fsp3) is 0.333. The average Bonchev–Trinajstić information content (AvgIpc) is 2.75. The predicted molar refractivity (Wildman–Crippen MR) is 121 cm³/mol. The van der Waals surface area contributed by atoms with Crippen LogP contribution in [0.15, 0.2) is 60.0 Å². The van der Waals surface area contributed by atoms with E-state index in [9.17, 15) is 9.90 Å². The Kier molecular flexibility index (Phi) is 7.80. The Morgan fingerprint density at radius 1 is 1.03 bits per heavy atom. The summed E-state index contributed by atoms with van der Waals surface area (Å²) in [5.74, 6) is 0.972. The van der Waals surface area contributed by atoms with Gasteiger partial charge in [-0.25, -0.2) is 0 Å². The molecule has 1 unspecified atom stereocenters. The third-order valence-electron chi connectivity index (χ3n) is 6.14. The van der Waals surface area contributed by atoms with Crippen molar-refractivity contribution in [3.8, 4) is 11.3 Å². The Hall–Kier alpha value is -2.29. The molecule has 5 rings (SSSR count). The van der Waals surface area contributed by atoms with Crippen LogP contribution in [0.2, 0.25) is 0 Å². The number of aliphatic hydroxyl groups is 1. The summed E-state index contributed by atoms with van der Waals surface area (Å²) in [5, 5.41) is 12.0. The normalized spacial score (nSPS) is 18.0. The molecule has 0 bridgehead atoms. The number of fused-ring (bicyclic) bond motifs is 2. The summed E-state index contributed by atoms with van der Waals surface area (Å²) < 4.78 is 0. The summed E-state index contributed by atoms with van der Waals surface area (Å²) in [4.78, 5) is 15.9. The van der Waals surface area contributed by atoms with Crippen LogP contribution < -0.4 is 0 Å². The molecule has 1 atom stereocenters. The number of allylic oxidation sites excluding steroid dienone is 2. The molecule has 0 saturated heterocycles. The Morgan fingerprint density at radius 2 is 1.81 bits per heavy atom. The molecule has 0 aliphatic heterocycles. The van der Waals surface area contributed by atoms with Gasteiger partial charge in [0, 0.05) is 44.7 Å². The van der Waals surface area contributed by atoms with Crippen molar-refractivity contribution in [3.63, 3.8) is 0 Å². The zero-order valence-corrected chi connectivity index (χ0v) is 20.5. The van der Waals surface area contributed by atoms with Crippen molar-refractivity contribution in [2.75, 3.05) is 0 Å². The number of Topliss-reactive ketones (excluding diaryl/α,β-unsaturated/α-hetero) is 1. The second-order valence-electron chi connectivity index (χ2n) is 8.38. The molecule has 1 aromatic heterocycles. The summed E-state index contributed by atoms with van der Waals surface area (Å²) >= 11 is 0. The fourth-order valence-electron chi connectivity index (χ4n) is 4.76. The van der Waals surface area contributed by atoms with Crippen LogP contribution in [0.3, 0.4) is 0 Å². The molecular formula is C27H28IrNO2-. The second-order valence-corrected chi connectivity index (χ2v) is 8.38. The number of benzene rings is 2. The van der Waals surface area contributed by atoms with Crippen molar-refractivity contribution in [1.29, 1.82) is 0 Å². The van der Waals surface area contributed by atoms with E-state index in [1.165, 1.54) is 21.9 Å². The molecule has 2 aliphatic rings. The maximum Gasteiger partial charge on any atom is 0.162 e. The number of carbonyl (C=O) groups is 1. The van der Waals surface area contributed by atoms with Crippen molar-refractivity contribution in [2.45, 2.75) is 52.4 Å². The number of nitrogens with zero attached hydrogens (tertiary/aromatic N) is 1. The standard InChI is InChI=1S/C17H14N.C10H14O2.Ir/c1-12-10-13(2)15-8-9-18-17(16(15)11-12)14-6-4-3-5-7-14;11-8-5-1-3-7-4-2-6-9(12)10(7)8;/h3-6,8-11H,1-2H3;7,11H,1-6H2;/q-1;;. The Morgan fingerprint density at radius 3 is 2.52 bits per heavy atom. The van der Waals surface area contributed by atoms with Gasteiger partial charge in [0.05, 0.1) is 5.76 Å². The molecule has 0 amide bonds. The quantitative estimate of drug-likeness (QED) is 0.322. The van der Waals surface area contributed by atoms with Crippen LogP contribution in [-0.4, -0.2) is 15.9 Å². The van der Waals surface area contributed by atoms with Crippen LogP contribution in [0, 0.1) is 25.8 Å². The van der Waals surface area contributed by atoms with E-state index in [1.54, 1.807) is 0 Å². The van der Waals surface area contributed by atoms with E-state index in [2.05, 4.69) is 49.2 Å². The van der Waals surface area contributed by atoms with Gasteiger partial charge >= 0.3 is 0 Å². The third-order valence-corrected chi connectivity index (χ3v) is 6.14. The van der Waals surface area contributed by atoms with Gasteiger partial charge in [0.2, 0.25) is 0 Å². The minimum absolute atomic E-state index is 0. The predicted octanol–water partition coefficient (Wildman–Crippen LogP) is 6.67. The average molecular weight is 591 g/mol. The van der Waals surface area contributed by atoms with Crippen molar-refractivity contribution in [1.82, 2.24) is 4.98 Å². The van der Waals surface area contributed by atoms with Gasteiger partial charge in [-0.05, 0) is 73.5 Å². The first kappa shape index (κ1) is 23.4. The zero-order chi connectivity index (χ0) is 21.1. The number of aromatic nitrogens is 1. The minimum atomic E-state index is 0. The third kappa shape index (κ3) is 5.14. The van der Waals surface area contributed by atoms with Crippen molar-refractivity contribution in [3.05, 3.63) is 77.2 Å². The Labute approximate surface area is 198 Å². The molecule has 4 heteroatoms. The van der Waals surface area contributed by atoms with Gasteiger partial charge < -0.3 is 10.1 Å². The van der Waals surface area contributed by atoms with E-state index in [-0.39, 0.29) is 25.9 Å². The first-order valence-electron chi connectivity index (χ1n) is 10.8. The maximum atomic E-state index is 11.4. The first-order chi connectivity index (χ1) is 14.5. The molecule has 1 saturated carbocycles. The monoisotopic (exact) mass is 591 g/mol. The van der Waals surface area contributed by atoms with Crippen LogP contribution in [0.4, 0.5) is 0 Å². The van der Waals surface area contributed by atoms with Gasteiger partial charge in [-0.15, -0.1) is 35.9 Å². The number of ketones is 1. The number of pyridine rings is 1. The summed E-state index contributed by atoms with van der Waals surface area (Å²) in [5.41, 5.74) is 5.40. The molecular weight excluding hydrogens is 563 g/mol. The smallest absolute Gasteiger partial charge is 0.162 e. The molecule has 163 valence electrons. The van der Waals surface area contributed by atoms with E-state index < -0.39 is 0 Å². The van der Waals surface area contributed by atoms with Gasteiger partial charge in [-0.1, -0.05) is 17.7 Å². The summed E-state index contributed by atoms with van der Waals surface area (Å²) in [6.45, 7) is 4.27. The Balaban J connectivity index is 0.000000183. The van der Waals surface area contributed by atoms with Crippen molar-refractivity contribution in [2.24, 2.45) is 5.92 Å². The van der Waals surface area contributed by atoms with Crippen LogP contribution in [0.1, 0.15) is 49.7 Å². The topological polar surface area (TPSA) is 50.2 Å². The molecule has 3 nitrogen and oxygen atoms in total. The first-order valence-corrected chi connectivity index (χ1v) is 10.8. The van der Waals surface area contributed by atoms with E-state index in [0.29, 0.717) is 18.1 Å². The largest absolute Gasteiger partial charge is 0.512 e. The van der Waals surface area contributed by atoms with E-state index in [4.69, 9.17) is 0 Å². The molecule has 31 heavy (non-hydrogen) atoms. The van der Waals surface area contributed by atoms with Gasteiger partial charge in [-0.2, -0.15) is 0 Å². The minimum Gasteiger partial charge on any atom is -0.512 e. The number of hydrogen-bond acceptors (Lipinski definition) is 3. The van der Waals surface area contributed by atoms with Crippen LogP contribution in [0.25, 0.3) is 22.0 Å². The molecule has 3 aromatic rings. The number of hydrogen-bond donors (Lipinski definition) is 1. The van der Waals surface area contributed by atoms with Crippen molar-refractivity contribution < 1.29 is 30.0 Å². The second kappa shape index (κ2) is 10.3. The number of rotatable bonds is 1. The number of aliphatic hydroxyl groups excluding tert-OH is 1. The molecule has 1 fully saturated rings. The number of aryl methyl sites for hydroxylation is 2. The van der Waals surface area contributed by atoms with Crippen LogP contribution in [-0.2, 0) is 24.9 Å². The van der Waals surface area contributed by atoms with Gasteiger partial charge in [0.15, 0.2) is 5.78 Å². The molecule has 1 radical (unpaired) electrons. The summed E-state index contributed by atoms with van der Waals surface area (Å²) in [6, 6.07) is 17.7. The molecule has 2 aliphatic carbocycles. The fourth-order valence-corrected chi connectivity index (χ4v) is 4.76. The van der Waals surface area contributed by atoms with Crippen molar-refractivity contribution >= 4 is 16.6 Å². The zero-order valence-electron chi connectivity index (χ0n) is 18.1. The number of carbonyl (C=O) groups excluding carboxylic acids is 1. The molecule has 0 spiro atoms.